The second-order valence-electron chi connectivity index (χ2n) is 5.60. The van der Waals surface area contributed by atoms with Gasteiger partial charge in [-0.2, -0.15) is 0 Å². The number of nitrogens with zero attached hydrogens (tertiary/aromatic N) is 3. The first-order chi connectivity index (χ1) is 10.2. The minimum Gasteiger partial charge on any atom is -0.290 e. The average molecular weight is 285 g/mol. The Bertz CT molecular complexity index is 614. The Morgan fingerprint density at radius 1 is 1.24 bits per heavy atom. The van der Waals surface area contributed by atoms with E-state index in [0.29, 0.717) is 6.54 Å². The third-order valence-electron chi connectivity index (χ3n) is 4.08. The van der Waals surface area contributed by atoms with Gasteiger partial charge in [0.1, 0.15) is 11.6 Å². The number of likely N-dealkylation sites (tertiary alicyclic amines) is 1. The van der Waals surface area contributed by atoms with Gasteiger partial charge >= 0.3 is 0 Å². The van der Waals surface area contributed by atoms with Crippen LogP contribution in [0, 0.1) is 12.7 Å². The van der Waals surface area contributed by atoms with E-state index in [1.807, 2.05) is 31.3 Å². The Morgan fingerprint density at radius 2 is 2.10 bits per heavy atom. The molecule has 4 heteroatoms. The number of hydrogen-bond acceptors (Lipinski definition) is 3. The Kier molecular flexibility index (Phi) is 4.25. The summed E-state index contributed by atoms with van der Waals surface area (Å²) in [6.07, 6.45) is 5.25. The van der Waals surface area contributed by atoms with Gasteiger partial charge in [-0.15, -0.1) is 0 Å². The highest BCUT2D eigenvalue weighted by Crippen LogP contribution is 2.31. The van der Waals surface area contributed by atoms with Gasteiger partial charge in [0.05, 0.1) is 11.7 Å². The second kappa shape index (κ2) is 6.31. The maximum absolute atomic E-state index is 13.9. The number of rotatable bonds is 3. The summed E-state index contributed by atoms with van der Waals surface area (Å²) in [6.45, 7) is 3.54. The molecule has 0 radical (unpaired) electrons. The summed E-state index contributed by atoms with van der Waals surface area (Å²) in [7, 11) is 0. The average Bonchev–Trinajstić information content (AvgIpc) is 2.50. The van der Waals surface area contributed by atoms with Crippen molar-refractivity contribution >= 4 is 0 Å². The van der Waals surface area contributed by atoms with Crippen molar-refractivity contribution in [3.8, 4) is 0 Å². The number of hydrogen-bond donors (Lipinski definition) is 0. The van der Waals surface area contributed by atoms with Crippen molar-refractivity contribution in [2.75, 3.05) is 6.54 Å². The fourth-order valence-electron chi connectivity index (χ4n) is 3.02. The molecule has 0 amide bonds. The van der Waals surface area contributed by atoms with E-state index < -0.39 is 0 Å². The SMILES string of the molecule is Cc1nccc([C@H]2CCCCN2Cc2ccccc2F)n1. The van der Waals surface area contributed by atoms with Crippen molar-refractivity contribution < 1.29 is 4.39 Å². The third kappa shape index (κ3) is 3.27. The van der Waals surface area contributed by atoms with Gasteiger partial charge in [0.2, 0.25) is 0 Å². The summed E-state index contributed by atoms with van der Waals surface area (Å²) in [5.74, 6) is 0.671. The summed E-state index contributed by atoms with van der Waals surface area (Å²) in [4.78, 5) is 11.1. The Labute approximate surface area is 124 Å². The van der Waals surface area contributed by atoms with Crippen LogP contribution in [-0.2, 0) is 6.54 Å². The normalized spacial score (nSPS) is 19.6. The molecule has 0 N–H and O–H groups in total. The molecule has 3 nitrogen and oxygen atoms in total. The number of piperidine rings is 1. The van der Waals surface area contributed by atoms with Crippen molar-refractivity contribution in [3.05, 3.63) is 59.4 Å². The standard InChI is InChI=1S/C17H20FN3/c1-13-19-10-9-16(20-13)17-8-4-5-11-21(17)12-14-6-2-3-7-15(14)18/h2-3,6-7,9-10,17H,4-5,8,11-12H2,1H3/t17-/m1/s1. The smallest absolute Gasteiger partial charge is 0.127 e. The van der Waals surface area contributed by atoms with Crippen LogP contribution in [0.25, 0.3) is 0 Å². The van der Waals surface area contributed by atoms with E-state index in [-0.39, 0.29) is 11.9 Å². The van der Waals surface area contributed by atoms with Crippen molar-refractivity contribution in [3.63, 3.8) is 0 Å². The predicted molar refractivity (Wildman–Crippen MR) is 80.2 cm³/mol. The zero-order valence-corrected chi connectivity index (χ0v) is 12.3. The second-order valence-corrected chi connectivity index (χ2v) is 5.60. The van der Waals surface area contributed by atoms with E-state index in [1.54, 1.807) is 6.07 Å². The van der Waals surface area contributed by atoms with Gasteiger partial charge < -0.3 is 0 Å². The van der Waals surface area contributed by atoms with Crippen LogP contribution in [0.5, 0.6) is 0 Å². The van der Waals surface area contributed by atoms with Crippen LogP contribution >= 0.6 is 0 Å². The quantitative estimate of drug-likeness (QED) is 0.862. The molecule has 1 aliphatic rings. The Morgan fingerprint density at radius 3 is 2.90 bits per heavy atom. The van der Waals surface area contributed by atoms with Crippen LogP contribution < -0.4 is 0 Å². The van der Waals surface area contributed by atoms with E-state index in [4.69, 9.17) is 0 Å². The van der Waals surface area contributed by atoms with E-state index in [0.717, 1.165) is 36.5 Å². The van der Waals surface area contributed by atoms with Crippen LogP contribution in [0.4, 0.5) is 4.39 Å². The van der Waals surface area contributed by atoms with Gasteiger partial charge in [-0.25, -0.2) is 14.4 Å². The molecule has 21 heavy (non-hydrogen) atoms. The lowest BCUT2D eigenvalue weighted by Gasteiger charge is -2.35. The number of benzene rings is 1. The molecule has 0 spiro atoms. The molecule has 1 fully saturated rings. The fraction of sp³-hybridized carbons (Fsp3) is 0.412. The Balaban J connectivity index is 1.83. The monoisotopic (exact) mass is 285 g/mol. The van der Waals surface area contributed by atoms with E-state index in [1.165, 1.54) is 12.5 Å². The van der Waals surface area contributed by atoms with Gasteiger partial charge in [0, 0.05) is 18.3 Å². The van der Waals surface area contributed by atoms with Crippen LogP contribution in [-0.4, -0.2) is 21.4 Å². The topological polar surface area (TPSA) is 29.0 Å². The minimum absolute atomic E-state index is 0.124. The molecule has 2 aromatic rings. The zero-order chi connectivity index (χ0) is 14.7. The number of aryl methyl sites for hydroxylation is 1. The highest BCUT2D eigenvalue weighted by Gasteiger charge is 2.25. The molecule has 1 saturated heterocycles. The van der Waals surface area contributed by atoms with Crippen molar-refractivity contribution in [1.82, 2.24) is 14.9 Å². The van der Waals surface area contributed by atoms with Crippen LogP contribution in [0.1, 0.15) is 42.4 Å². The molecule has 3 rings (SSSR count). The van der Waals surface area contributed by atoms with Crippen molar-refractivity contribution in [2.24, 2.45) is 0 Å². The Hall–Kier alpha value is -1.81. The highest BCUT2D eigenvalue weighted by atomic mass is 19.1. The first-order valence-corrected chi connectivity index (χ1v) is 7.51. The molecule has 0 unspecified atom stereocenters. The van der Waals surface area contributed by atoms with Gasteiger partial charge in [-0.3, -0.25) is 4.90 Å². The molecule has 2 heterocycles. The summed E-state index contributed by atoms with van der Waals surface area (Å²) in [6, 6.07) is 9.28. The molecule has 0 bridgehead atoms. The molecule has 1 atom stereocenters. The molecular weight excluding hydrogens is 265 g/mol. The summed E-state index contributed by atoms with van der Waals surface area (Å²) < 4.78 is 13.9. The largest absolute Gasteiger partial charge is 0.290 e. The fourth-order valence-corrected chi connectivity index (χ4v) is 3.02. The van der Waals surface area contributed by atoms with Gasteiger partial charge in [-0.05, 0) is 38.4 Å². The first-order valence-electron chi connectivity index (χ1n) is 7.51. The predicted octanol–water partition coefficient (Wildman–Crippen LogP) is 3.65. The molecule has 1 aromatic carbocycles. The van der Waals surface area contributed by atoms with E-state index in [2.05, 4.69) is 14.9 Å². The van der Waals surface area contributed by atoms with Crippen LogP contribution in [0.15, 0.2) is 36.5 Å². The summed E-state index contributed by atoms with van der Waals surface area (Å²) in [5.41, 5.74) is 1.81. The van der Waals surface area contributed by atoms with Crippen LogP contribution in [0.3, 0.4) is 0 Å². The lowest BCUT2D eigenvalue weighted by atomic mass is 9.98. The maximum Gasteiger partial charge on any atom is 0.127 e. The van der Waals surface area contributed by atoms with Gasteiger partial charge in [-0.1, -0.05) is 24.6 Å². The van der Waals surface area contributed by atoms with E-state index >= 15 is 0 Å². The zero-order valence-electron chi connectivity index (χ0n) is 12.3. The maximum atomic E-state index is 13.9. The first kappa shape index (κ1) is 14.1. The molecule has 0 aliphatic carbocycles. The lowest BCUT2D eigenvalue weighted by Crippen LogP contribution is -2.33. The molecular formula is C17H20FN3. The number of aromatic nitrogens is 2. The molecule has 110 valence electrons. The summed E-state index contributed by atoms with van der Waals surface area (Å²) in [5, 5.41) is 0. The highest BCUT2D eigenvalue weighted by molar-refractivity contribution is 5.18. The molecule has 1 aliphatic heterocycles. The van der Waals surface area contributed by atoms with Gasteiger partial charge in [0.15, 0.2) is 0 Å². The van der Waals surface area contributed by atoms with Crippen LogP contribution in [0.2, 0.25) is 0 Å². The molecule has 1 aromatic heterocycles. The van der Waals surface area contributed by atoms with E-state index in [9.17, 15) is 4.39 Å². The lowest BCUT2D eigenvalue weighted by molar-refractivity contribution is 0.135. The van der Waals surface area contributed by atoms with Gasteiger partial charge in [0.25, 0.3) is 0 Å². The summed E-state index contributed by atoms with van der Waals surface area (Å²) >= 11 is 0. The number of halogens is 1. The minimum atomic E-state index is -0.124. The van der Waals surface area contributed by atoms with Crippen molar-refractivity contribution in [2.45, 2.75) is 38.8 Å². The molecule has 0 saturated carbocycles. The van der Waals surface area contributed by atoms with Crippen molar-refractivity contribution in [1.29, 1.82) is 0 Å². The third-order valence-corrected chi connectivity index (χ3v) is 4.08.